The number of ether oxygens (including phenoxy) is 5. The van der Waals surface area contributed by atoms with Crippen molar-refractivity contribution in [1.29, 1.82) is 0 Å². The monoisotopic (exact) mass is 468 g/mol. The second-order valence-electron chi connectivity index (χ2n) is 8.96. The van der Waals surface area contributed by atoms with Gasteiger partial charge < -0.3 is 28.8 Å². The number of hydrogen-bond donors (Lipinski definition) is 1. The summed E-state index contributed by atoms with van der Waals surface area (Å²) >= 11 is 0. The highest BCUT2D eigenvalue weighted by Gasteiger charge is 2.62. The van der Waals surface area contributed by atoms with Crippen molar-refractivity contribution < 1.29 is 38.4 Å². The van der Waals surface area contributed by atoms with Gasteiger partial charge in [-0.25, -0.2) is 0 Å². The molecule has 180 valence electrons. The molecule has 7 atom stereocenters. The predicted molar refractivity (Wildman–Crippen MR) is 118 cm³/mol. The van der Waals surface area contributed by atoms with E-state index >= 15 is 0 Å². The third-order valence-corrected chi connectivity index (χ3v) is 6.62. The molecule has 0 amide bonds. The molecule has 3 aliphatic heterocycles. The Balaban J connectivity index is 1.20. The highest BCUT2D eigenvalue weighted by atomic mass is 16.6. The van der Waals surface area contributed by atoms with Crippen LogP contribution in [0.3, 0.4) is 0 Å². The summed E-state index contributed by atoms with van der Waals surface area (Å²) in [7, 11) is 0. The van der Waals surface area contributed by atoms with E-state index in [4.69, 9.17) is 23.7 Å². The van der Waals surface area contributed by atoms with E-state index in [1.54, 1.807) is 0 Å². The molecule has 5 rings (SSSR count). The minimum atomic E-state index is -1.05. The third-order valence-electron chi connectivity index (χ3n) is 6.62. The highest BCUT2D eigenvalue weighted by molar-refractivity contribution is 5.79. The van der Waals surface area contributed by atoms with Gasteiger partial charge in [-0.2, -0.15) is 0 Å². The fourth-order valence-corrected chi connectivity index (χ4v) is 5.03. The van der Waals surface area contributed by atoms with E-state index in [-0.39, 0.29) is 31.5 Å². The summed E-state index contributed by atoms with van der Waals surface area (Å²) in [6.45, 7) is 0.862. The van der Waals surface area contributed by atoms with Crippen molar-refractivity contribution in [2.24, 2.45) is 11.8 Å². The van der Waals surface area contributed by atoms with Crippen molar-refractivity contribution >= 4 is 11.9 Å². The quantitative estimate of drug-likeness (QED) is 0.558. The van der Waals surface area contributed by atoms with E-state index in [0.29, 0.717) is 13.2 Å². The zero-order valence-electron chi connectivity index (χ0n) is 18.7. The van der Waals surface area contributed by atoms with Gasteiger partial charge in [-0.05, 0) is 11.1 Å². The number of carbonyl (C=O) groups is 2. The number of fused-ring (bicyclic) bond motifs is 3. The zero-order chi connectivity index (χ0) is 23.5. The summed E-state index contributed by atoms with van der Waals surface area (Å²) < 4.78 is 28.6. The van der Waals surface area contributed by atoms with Crippen molar-refractivity contribution in [3.63, 3.8) is 0 Å². The maximum atomic E-state index is 12.7. The first-order valence-electron chi connectivity index (χ1n) is 11.6. The van der Waals surface area contributed by atoms with Crippen LogP contribution in [0.4, 0.5) is 0 Å². The molecule has 3 heterocycles. The lowest BCUT2D eigenvalue weighted by molar-refractivity contribution is -0.186. The van der Waals surface area contributed by atoms with Crippen LogP contribution in [0.1, 0.15) is 17.5 Å². The van der Waals surface area contributed by atoms with Gasteiger partial charge in [0, 0.05) is 5.92 Å². The first-order valence-corrected chi connectivity index (χ1v) is 11.6. The number of benzene rings is 2. The molecule has 0 spiro atoms. The Morgan fingerprint density at radius 1 is 0.882 bits per heavy atom. The van der Waals surface area contributed by atoms with Crippen molar-refractivity contribution in [2.45, 2.75) is 50.2 Å². The van der Waals surface area contributed by atoms with Crippen LogP contribution in [0.2, 0.25) is 0 Å². The van der Waals surface area contributed by atoms with E-state index in [9.17, 15) is 14.7 Å². The van der Waals surface area contributed by atoms with Gasteiger partial charge in [0.2, 0.25) is 0 Å². The number of hydrogen-bond acceptors (Lipinski definition) is 8. The first kappa shape index (κ1) is 23.0. The summed E-state index contributed by atoms with van der Waals surface area (Å²) in [6, 6.07) is 19.3. The Labute approximate surface area is 197 Å². The number of aliphatic hydroxyl groups excluding tert-OH is 1. The molecule has 8 heteroatoms. The highest BCUT2D eigenvalue weighted by Crippen LogP contribution is 2.46. The Bertz CT molecular complexity index is 981. The van der Waals surface area contributed by atoms with Crippen molar-refractivity contribution in [3.8, 4) is 0 Å². The maximum Gasteiger partial charge on any atom is 0.312 e. The van der Waals surface area contributed by atoms with Crippen LogP contribution in [-0.2, 0) is 46.5 Å². The Morgan fingerprint density at radius 3 is 2.21 bits per heavy atom. The number of carbonyl (C=O) groups excluding carboxylic acids is 2. The summed E-state index contributed by atoms with van der Waals surface area (Å²) in [5.74, 6) is -1.83. The molecule has 0 saturated carbocycles. The van der Waals surface area contributed by atoms with E-state index in [1.807, 2.05) is 60.7 Å². The van der Waals surface area contributed by atoms with Gasteiger partial charge in [0.15, 0.2) is 12.2 Å². The molecule has 2 aromatic rings. The van der Waals surface area contributed by atoms with Crippen molar-refractivity contribution in [2.75, 3.05) is 13.2 Å². The molecule has 0 aliphatic carbocycles. The van der Waals surface area contributed by atoms with Gasteiger partial charge >= 0.3 is 11.9 Å². The lowest BCUT2D eigenvalue weighted by Gasteiger charge is -2.33. The number of cyclic esters (lactones) is 2. The Morgan fingerprint density at radius 2 is 1.53 bits per heavy atom. The van der Waals surface area contributed by atoms with Crippen LogP contribution in [0.25, 0.3) is 0 Å². The molecule has 0 bridgehead atoms. The minimum Gasteiger partial charge on any atom is -0.457 e. The van der Waals surface area contributed by atoms with E-state index in [0.717, 1.165) is 11.1 Å². The smallest absolute Gasteiger partial charge is 0.312 e. The van der Waals surface area contributed by atoms with Crippen LogP contribution in [-0.4, -0.2) is 60.8 Å². The van der Waals surface area contributed by atoms with Crippen molar-refractivity contribution in [1.82, 2.24) is 0 Å². The summed E-state index contributed by atoms with van der Waals surface area (Å²) in [5.41, 5.74) is 1.99. The van der Waals surface area contributed by atoms with E-state index in [1.165, 1.54) is 0 Å². The molecule has 1 N–H and O–H groups in total. The molecule has 0 aromatic heterocycles. The molecule has 3 aliphatic rings. The maximum absolute atomic E-state index is 12.7. The first-order chi connectivity index (χ1) is 16.6. The van der Waals surface area contributed by atoms with Crippen LogP contribution < -0.4 is 0 Å². The van der Waals surface area contributed by atoms with Crippen molar-refractivity contribution in [3.05, 3.63) is 71.8 Å². The second kappa shape index (κ2) is 10.2. The standard InChI is InChI=1S/C26H28O8/c27-19(14-30-12-16-7-3-1-4-8-16)24-25-22(26(29)34-24)18-11-21(28)32-20(23(18)33-25)15-31-13-17-9-5-2-6-10-17/h1-10,18-20,22-25,27H,11-15H2/t18-,19+,20-,22-,23+,24-,25+/m1/s1. The Kier molecular flexibility index (Phi) is 6.92. The number of aliphatic hydroxyl groups is 1. The largest absolute Gasteiger partial charge is 0.457 e. The minimum absolute atomic E-state index is 0.00615. The molecule has 2 aromatic carbocycles. The zero-order valence-corrected chi connectivity index (χ0v) is 18.7. The van der Waals surface area contributed by atoms with Crippen LogP contribution >= 0.6 is 0 Å². The molecule has 3 fully saturated rings. The average molecular weight is 469 g/mol. The lowest BCUT2D eigenvalue weighted by atomic mass is 9.81. The summed E-state index contributed by atoms with van der Waals surface area (Å²) in [4.78, 5) is 25.0. The number of esters is 2. The van der Waals surface area contributed by atoms with Gasteiger partial charge in [-0.1, -0.05) is 60.7 Å². The van der Waals surface area contributed by atoms with Crippen LogP contribution in [0.5, 0.6) is 0 Å². The van der Waals surface area contributed by atoms with Gasteiger partial charge in [-0.15, -0.1) is 0 Å². The summed E-state index contributed by atoms with van der Waals surface area (Å²) in [5, 5.41) is 10.7. The molecule has 0 radical (unpaired) electrons. The fourth-order valence-electron chi connectivity index (χ4n) is 5.03. The van der Waals surface area contributed by atoms with Gasteiger partial charge in [-0.3, -0.25) is 9.59 Å². The SMILES string of the molecule is O=C1C[C@H]2[C@H](O[C@@H]3[C@@H]([C@@H](O)COCc4ccccc4)OC(=O)[C@H]23)[C@@H](COCc2ccccc2)O1. The van der Waals surface area contributed by atoms with Gasteiger partial charge in [0.05, 0.1) is 38.8 Å². The van der Waals surface area contributed by atoms with Crippen LogP contribution in [0, 0.1) is 11.8 Å². The average Bonchev–Trinajstić information content (AvgIpc) is 3.38. The normalized spacial score (nSPS) is 30.9. The van der Waals surface area contributed by atoms with E-state index in [2.05, 4.69) is 0 Å². The summed E-state index contributed by atoms with van der Waals surface area (Å²) in [6.07, 6.45) is -3.61. The molecule has 3 saturated heterocycles. The Hall–Kier alpha value is -2.78. The number of rotatable bonds is 9. The van der Waals surface area contributed by atoms with Crippen LogP contribution in [0.15, 0.2) is 60.7 Å². The second-order valence-corrected chi connectivity index (χ2v) is 8.96. The third kappa shape index (κ3) is 4.86. The van der Waals surface area contributed by atoms with E-state index < -0.39 is 42.4 Å². The van der Waals surface area contributed by atoms with Gasteiger partial charge in [0.1, 0.15) is 18.3 Å². The molecule has 0 unspecified atom stereocenters. The molecular weight excluding hydrogens is 440 g/mol. The fraction of sp³-hybridized carbons (Fsp3) is 0.462. The van der Waals surface area contributed by atoms with Gasteiger partial charge in [0.25, 0.3) is 0 Å². The molecule has 34 heavy (non-hydrogen) atoms. The molecular formula is C26H28O8. The lowest BCUT2D eigenvalue weighted by Crippen LogP contribution is -2.46. The predicted octanol–water partition coefficient (Wildman–Crippen LogP) is 2.02. The molecule has 8 nitrogen and oxygen atoms in total. The topological polar surface area (TPSA) is 101 Å².